The van der Waals surface area contributed by atoms with Gasteiger partial charge in [0.25, 0.3) is 0 Å². The van der Waals surface area contributed by atoms with Gasteiger partial charge in [-0.2, -0.15) is 0 Å². The second-order valence-corrected chi connectivity index (χ2v) is 3.98. The molecular formula is C13H11ClN2O2. The van der Waals surface area contributed by atoms with Crippen LogP contribution < -0.4 is 4.74 Å². The number of benzene rings is 1. The zero-order valence-electron chi connectivity index (χ0n) is 9.76. The number of carbonyl (C=O) groups excluding carboxylic acids is 1. The summed E-state index contributed by atoms with van der Waals surface area (Å²) in [6.07, 6.45) is 4.92. The molecule has 4 nitrogen and oxygen atoms in total. The van der Waals surface area contributed by atoms with E-state index in [-0.39, 0.29) is 5.56 Å². The summed E-state index contributed by atoms with van der Waals surface area (Å²) in [7, 11) is 0. The standard InChI is InChI=1S/C13H11ClN2O2/c1-2-9-4-3-5-11(12(9)14)18-13(17)10-6-15-8-16-7-10/h3-8H,2H2,1H3. The lowest BCUT2D eigenvalue weighted by Crippen LogP contribution is -2.09. The van der Waals surface area contributed by atoms with E-state index in [1.54, 1.807) is 12.1 Å². The Morgan fingerprint density at radius 2 is 2.06 bits per heavy atom. The number of rotatable bonds is 3. The summed E-state index contributed by atoms with van der Waals surface area (Å²) >= 11 is 6.13. The maximum atomic E-state index is 11.8. The summed E-state index contributed by atoms with van der Waals surface area (Å²) in [5.74, 6) is -0.171. The first-order valence-electron chi connectivity index (χ1n) is 5.47. The number of hydrogen-bond acceptors (Lipinski definition) is 4. The van der Waals surface area contributed by atoms with Crippen LogP contribution in [0.4, 0.5) is 0 Å². The van der Waals surface area contributed by atoms with Crippen molar-refractivity contribution in [1.82, 2.24) is 9.97 Å². The molecule has 1 heterocycles. The van der Waals surface area contributed by atoms with Crippen molar-refractivity contribution in [2.45, 2.75) is 13.3 Å². The molecule has 0 unspecified atom stereocenters. The molecule has 1 aromatic carbocycles. The van der Waals surface area contributed by atoms with Gasteiger partial charge in [-0.25, -0.2) is 14.8 Å². The third kappa shape index (κ3) is 2.65. The van der Waals surface area contributed by atoms with Crippen LogP contribution in [-0.4, -0.2) is 15.9 Å². The van der Waals surface area contributed by atoms with E-state index in [2.05, 4.69) is 9.97 Å². The van der Waals surface area contributed by atoms with Crippen LogP contribution in [0.15, 0.2) is 36.9 Å². The number of aryl methyl sites for hydroxylation is 1. The zero-order valence-corrected chi connectivity index (χ0v) is 10.5. The minimum absolute atomic E-state index is 0.287. The summed E-state index contributed by atoms with van der Waals surface area (Å²) in [6.45, 7) is 1.98. The van der Waals surface area contributed by atoms with E-state index in [9.17, 15) is 4.79 Å². The van der Waals surface area contributed by atoms with E-state index < -0.39 is 5.97 Å². The Morgan fingerprint density at radius 1 is 1.33 bits per heavy atom. The fraction of sp³-hybridized carbons (Fsp3) is 0.154. The number of halogens is 1. The molecule has 1 aromatic heterocycles. The van der Waals surface area contributed by atoms with Crippen LogP contribution in [0.1, 0.15) is 22.8 Å². The highest BCUT2D eigenvalue weighted by Crippen LogP contribution is 2.28. The fourth-order valence-electron chi connectivity index (χ4n) is 1.47. The lowest BCUT2D eigenvalue weighted by Gasteiger charge is -2.08. The van der Waals surface area contributed by atoms with Gasteiger partial charge >= 0.3 is 5.97 Å². The highest BCUT2D eigenvalue weighted by Gasteiger charge is 2.12. The Balaban J connectivity index is 2.22. The van der Waals surface area contributed by atoms with Gasteiger partial charge < -0.3 is 4.74 Å². The van der Waals surface area contributed by atoms with Crippen LogP contribution in [0, 0.1) is 0 Å². The van der Waals surface area contributed by atoms with Crippen molar-refractivity contribution in [1.29, 1.82) is 0 Å². The normalized spacial score (nSPS) is 10.1. The summed E-state index contributed by atoms with van der Waals surface area (Å²) in [4.78, 5) is 19.3. The van der Waals surface area contributed by atoms with Crippen LogP contribution >= 0.6 is 11.6 Å². The van der Waals surface area contributed by atoms with Crippen LogP contribution in [0.3, 0.4) is 0 Å². The van der Waals surface area contributed by atoms with Crippen LogP contribution in [0.25, 0.3) is 0 Å². The molecule has 5 heteroatoms. The second kappa shape index (κ2) is 5.60. The average molecular weight is 263 g/mol. The SMILES string of the molecule is CCc1cccc(OC(=O)c2cncnc2)c1Cl. The third-order valence-electron chi connectivity index (χ3n) is 2.42. The molecule has 0 bridgehead atoms. The molecule has 18 heavy (non-hydrogen) atoms. The second-order valence-electron chi connectivity index (χ2n) is 3.60. The van der Waals surface area contributed by atoms with Gasteiger partial charge in [0.15, 0.2) is 0 Å². The van der Waals surface area contributed by atoms with Crippen molar-refractivity contribution >= 4 is 17.6 Å². The number of nitrogens with zero attached hydrogens (tertiary/aromatic N) is 2. The van der Waals surface area contributed by atoms with Crippen LogP contribution in [0.5, 0.6) is 5.75 Å². The van der Waals surface area contributed by atoms with Crippen molar-refractivity contribution in [2.24, 2.45) is 0 Å². The minimum Gasteiger partial charge on any atom is -0.421 e. The number of carbonyl (C=O) groups is 1. The number of aromatic nitrogens is 2. The molecule has 2 aromatic rings. The number of ether oxygens (including phenoxy) is 1. The monoisotopic (exact) mass is 262 g/mol. The molecule has 0 aliphatic carbocycles. The molecule has 92 valence electrons. The van der Waals surface area contributed by atoms with Gasteiger partial charge in [0.05, 0.1) is 10.6 Å². The maximum Gasteiger partial charge on any atom is 0.346 e. The first kappa shape index (κ1) is 12.5. The maximum absolute atomic E-state index is 11.8. The van der Waals surface area contributed by atoms with E-state index >= 15 is 0 Å². The average Bonchev–Trinajstić information content (AvgIpc) is 2.42. The molecule has 0 aliphatic heterocycles. The van der Waals surface area contributed by atoms with Crippen molar-refractivity contribution in [2.75, 3.05) is 0 Å². The quantitative estimate of drug-likeness (QED) is 0.630. The summed E-state index contributed by atoms with van der Waals surface area (Å²) < 4.78 is 5.22. The Kier molecular flexibility index (Phi) is 3.89. The van der Waals surface area contributed by atoms with Gasteiger partial charge in [-0.1, -0.05) is 30.7 Å². The molecular weight excluding hydrogens is 252 g/mol. The summed E-state index contributed by atoms with van der Waals surface area (Å²) in [5, 5.41) is 0.463. The predicted molar refractivity (Wildman–Crippen MR) is 67.8 cm³/mol. The molecule has 0 atom stereocenters. The van der Waals surface area contributed by atoms with E-state index in [1.807, 2.05) is 13.0 Å². The lowest BCUT2D eigenvalue weighted by atomic mass is 10.1. The Bertz CT molecular complexity index is 558. The summed E-state index contributed by atoms with van der Waals surface area (Å²) in [6, 6.07) is 5.35. The topological polar surface area (TPSA) is 52.1 Å². The first-order chi connectivity index (χ1) is 8.72. The molecule has 0 amide bonds. The number of hydrogen-bond donors (Lipinski definition) is 0. The van der Waals surface area contributed by atoms with Gasteiger partial charge in [0.2, 0.25) is 0 Å². The Hall–Kier alpha value is -1.94. The smallest absolute Gasteiger partial charge is 0.346 e. The zero-order chi connectivity index (χ0) is 13.0. The first-order valence-corrected chi connectivity index (χ1v) is 5.84. The molecule has 0 fully saturated rings. The van der Waals surface area contributed by atoms with Crippen molar-refractivity contribution in [3.63, 3.8) is 0 Å². The number of esters is 1. The molecule has 0 aliphatic rings. The van der Waals surface area contributed by atoms with E-state index in [0.717, 1.165) is 12.0 Å². The van der Waals surface area contributed by atoms with Gasteiger partial charge in [0.1, 0.15) is 12.1 Å². The van der Waals surface area contributed by atoms with Crippen LogP contribution in [-0.2, 0) is 6.42 Å². The highest BCUT2D eigenvalue weighted by molar-refractivity contribution is 6.33. The predicted octanol–water partition coefficient (Wildman–Crippen LogP) is 2.91. The van der Waals surface area contributed by atoms with Crippen molar-refractivity contribution in [3.05, 3.63) is 53.1 Å². The van der Waals surface area contributed by atoms with E-state index in [1.165, 1.54) is 18.7 Å². The molecule has 0 saturated carbocycles. The largest absolute Gasteiger partial charge is 0.421 e. The van der Waals surface area contributed by atoms with E-state index in [0.29, 0.717) is 10.8 Å². The van der Waals surface area contributed by atoms with Gasteiger partial charge in [-0.3, -0.25) is 0 Å². The Labute approximate surface area is 110 Å². The highest BCUT2D eigenvalue weighted by atomic mass is 35.5. The third-order valence-corrected chi connectivity index (χ3v) is 2.85. The van der Waals surface area contributed by atoms with E-state index in [4.69, 9.17) is 16.3 Å². The van der Waals surface area contributed by atoms with Crippen LogP contribution in [0.2, 0.25) is 5.02 Å². The summed E-state index contributed by atoms with van der Waals surface area (Å²) in [5.41, 5.74) is 1.22. The molecule has 0 saturated heterocycles. The lowest BCUT2D eigenvalue weighted by molar-refractivity contribution is 0.0734. The molecule has 0 N–H and O–H groups in total. The minimum atomic E-state index is -0.522. The van der Waals surface area contributed by atoms with Crippen molar-refractivity contribution in [3.8, 4) is 5.75 Å². The Morgan fingerprint density at radius 3 is 2.72 bits per heavy atom. The molecule has 0 spiro atoms. The molecule has 2 rings (SSSR count). The molecule has 0 radical (unpaired) electrons. The van der Waals surface area contributed by atoms with Gasteiger partial charge in [-0.05, 0) is 18.1 Å². The fourth-order valence-corrected chi connectivity index (χ4v) is 1.77. The van der Waals surface area contributed by atoms with Gasteiger partial charge in [0, 0.05) is 12.4 Å². The van der Waals surface area contributed by atoms with Crippen molar-refractivity contribution < 1.29 is 9.53 Å². The van der Waals surface area contributed by atoms with Gasteiger partial charge in [-0.15, -0.1) is 0 Å².